The van der Waals surface area contributed by atoms with Gasteiger partial charge >= 0.3 is 0 Å². The maximum atomic E-state index is 12.0. The standard InChI is InChI=1S/C24H33N5O/c1-5-25-24(27-17-19-10-12-20(13-11-19)23(30)28(3)4)26-14-15-29-18(2)16-21-8-6-7-9-22(21)29/h6-13,18H,5,14-17H2,1-4H3,(H2,25,26,27). The molecular weight excluding hydrogens is 374 g/mol. The van der Waals surface area contributed by atoms with Crippen LogP contribution in [0.1, 0.15) is 35.3 Å². The highest BCUT2D eigenvalue weighted by Crippen LogP contribution is 2.31. The lowest BCUT2D eigenvalue weighted by molar-refractivity contribution is 0.0827. The predicted octanol–water partition coefficient (Wildman–Crippen LogP) is 2.89. The van der Waals surface area contributed by atoms with Crippen LogP contribution in [0.4, 0.5) is 5.69 Å². The quantitative estimate of drug-likeness (QED) is 0.547. The van der Waals surface area contributed by atoms with Crippen LogP contribution in [0.15, 0.2) is 53.5 Å². The summed E-state index contributed by atoms with van der Waals surface area (Å²) in [6.07, 6.45) is 1.11. The van der Waals surface area contributed by atoms with Gasteiger partial charge in [0.2, 0.25) is 0 Å². The molecule has 160 valence electrons. The van der Waals surface area contributed by atoms with E-state index in [1.165, 1.54) is 11.3 Å². The number of amides is 1. The number of fused-ring (bicyclic) bond motifs is 1. The fourth-order valence-corrected chi connectivity index (χ4v) is 3.79. The van der Waals surface area contributed by atoms with E-state index in [0.29, 0.717) is 18.2 Å². The number of nitrogens with zero attached hydrogens (tertiary/aromatic N) is 3. The number of carbonyl (C=O) groups is 1. The highest BCUT2D eigenvalue weighted by Gasteiger charge is 2.24. The molecular formula is C24H33N5O. The molecule has 1 heterocycles. The van der Waals surface area contributed by atoms with Crippen molar-refractivity contribution in [1.82, 2.24) is 15.5 Å². The molecule has 6 heteroatoms. The SMILES string of the molecule is CCNC(=NCc1ccc(C(=O)N(C)C)cc1)NCCN1c2ccccc2CC1C. The van der Waals surface area contributed by atoms with Gasteiger partial charge in [-0.25, -0.2) is 4.99 Å². The number of aliphatic imine (C=N–C) groups is 1. The molecule has 0 aromatic heterocycles. The molecule has 0 aliphatic carbocycles. The summed E-state index contributed by atoms with van der Waals surface area (Å²) in [6, 6.07) is 16.8. The molecule has 0 saturated carbocycles. The number of carbonyl (C=O) groups excluding carboxylic acids is 1. The third kappa shape index (κ3) is 5.32. The van der Waals surface area contributed by atoms with Crippen molar-refractivity contribution in [3.8, 4) is 0 Å². The number of rotatable bonds is 7. The maximum Gasteiger partial charge on any atom is 0.253 e. The van der Waals surface area contributed by atoms with Crippen molar-refractivity contribution in [2.24, 2.45) is 4.99 Å². The predicted molar refractivity (Wildman–Crippen MR) is 124 cm³/mol. The van der Waals surface area contributed by atoms with E-state index in [9.17, 15) is 4.79 Å². The molecule has 0 bridgehead atoms. The van der Waals surface area contributed by atoms with Crippen LogP contribution in [0.2, 0.25) is 0 Å². The van der Waals surface area contributed by atoms with Crippen LogP contribution in [-0.2, 0) is 13.0 Å². The van der Waals surface area contributed by atoms with Gasteiger partial charge in [-0.3, -0.25) is 4.79 Å². The first-order valence-electron chi connectivity index (χ1n) is 10.7. The molecule has 1 aliphatic rings. The van der Waals surface area contributed by atoms with Gasteiger partial charge in [0.1, 0.15) is 0 Å². The molecule has 2 aromatic carbocycles. The summed E-state index contributed by atoms with van der Waals surface area (Å²) in [4.78, 5) is 20.8. The normalized spacial score (nSPS) is 15.7. The first-order chi connectivity index (χ1) is 14.5. The Morgan fingerprint density at radius 1 is 1.13 bits per heavy atom. The Kier molecular flexibility index (Phi) is 7.33. The molecule has 1 amide bonds. The van der Waals surface area contributed by atoms with Gasteiger partial charge in [0.05, 0.1) is 6.54 Å². The van der Waals surface area contributed by atoms with Gasteiger partial charge in [0, 0.05) is 51.0 Å². The van der Waals surface area contributed by atoms with Crippen LogP contribution in [0.25, 0.3) is 0 Å². The number of nitrogens with one attached hydrogen (secondary N) is 2. The van der Waals surface area contributed by atoms with Gasteiger partial charge in [-0.1, -0.05) is 30.3 Å². The molecule has 2 N–H and O–H groups in total. The first kappa shape index (κ1) is 21.7. The number of benzene rings is 2. The smallest absolute Gasteiger partial charge is 0.253 e. The third-order valence-electron chi connectivity index (χ3n) is 5.36. The van der Waals surface area contributed by atoms with Gasteiger partial charge in [-0.05, 0) is 49.6 Å². The van der Waals surface area contributed by atoms with E-state index < -0.39 is 0 Å². The summed E-state index contributed by atoms with van der Waals surface area (Å²) in [6.45, 7) is 7.48. The highest BCUT2D eigenvalue weighted by atomic mass is 16.2. The number of guanidine groups is 1. The monoisotopic (exact) mass is 407 g/mol. The van der Waals surface area contributed by atoms with Crippen LogP contribution in [0, 0.1) is 0 Å². The van der Waals surface area contributed by atoms with Crippen LogP contribution in [0.3, 0.4) is 0 Å². The lowest BCUT2D eigenvalue weighted by atomic mass is 10.1. The summed E-state index contributed by atoms with van der Waals surface area (Å²) in [5.74, 6) is 0.823. The molecule has 0 fully saturated rings. The second-order valence-corrected chi connectivity index (χ2v) is 7.89. The number of para-hydroxylation sites is 1. The Hall–Kier alpha value is -3.02. The Morgan fingerprint density at radius 3 is 2.57 bits per heavy atom. The Morgan fingerprint density at radius 2 is 1.87 bits per heavy atom. The molecule has 30 heavy (non-hydrogen) atoms. The zero-order chi connectivity index (χ0) is 21.5. The van der Waals surface area contributed by atoms with Crippen molar-refractivity contribution in [3.05, 3.63) is 65.2 Å². The Balaban J connectivity index is 1.55. The number of hydrogen-bond donors (Lipinski definition) is 2. The minimum absolute atomic E-state index is 0.0118. The number of anilines is 1. The molecule has 0 radical (unpaired) electrons. The lowest BCUT2D eigenvalue weighted by Crippen LogP contribution is -2.42. The molecule has 1 atom stereocenters. The average Bonchev–Trinajstić information content (AvgIpc) is 3.07. The minimum Gasteiger partial charge on any atom is -0.367 e. The van der Waals surface area contributed by atoms with Crippen molar-refractivity contribution in [1.29, 1.82) is 0 Å². The Bertz CT molecular complexity index is 875. The van der Waals surface area contributed by atoms with Crippen molar-refractivity contribution < 1.29 is 4.79 Å². The molecule has 0 saturated heterocycles. The van der Waals surface area contributed by atoms with Crippen LogP contribution < -0.4 is 15.5 Å². The van der Waals surface area contributed by atoms with Gasteiger partial charge in [0.25, 0.3) is 5.91 Å². The topological polar surface area (TPSA) is 60.0 Å². The van der Waals surface area contributed by atoms with E-state index in [0.717, 1.165) is 37.6 Å². The van der Waals surface area contributed by atoms with Crippen LogP contribution in [0.5, 0.6) is 0 Å². The van der Waals surface area contributed by atoms with Gasteiger partial charge in [0.15, 0.2) is 5.96 Å². The summed E-state index contributed by atoms with van der Waals surface area (Å²) in [7, 11) is 3.52. The van der Waals surface area contributed by atoms with Crippen LogP contribution in [-0.4, -0.2) is 56.5 Å². The zero-order valence-corrected chi connectivity index (χ0v) is 18.5. The molecule has 0 spiro atoms. The lowest BCUT2D eigenvalue weighted by Gasteiger charge is -2.25. The first-order valence-corrected chi connectivity index (χ1v) is 10.7. The van der Waals surface area contributed by atoms with E-state index in [-0.39, 0.29) is 5.91 Å². The van der Waals surface area contributed by atoms with Crippen LogP contribution >= 0.6 is 0 Å². The van der Waals surface area contributed by atoms with Crippen molar-refractivity contribution in [2.75, 3.05) is 38.6 Å². The fraction of sp³-hybridized carbons (Fsp3) is 0.417. The molecule has 1 unspecified atom stereocenters. The highest BCUT2D eigenvalue weighted by molar-refractivity contribution is 5.93. The van der Waals surface area contributed by atoms with Gasteiger partial charge in [-0.2, -0.15) is 0 Å². The molecule has 2 aromatic rings. The Labute approximate surface area is 180 Å². The van der Waals surface area contributed by atoms with Gasteiger partial charge in [-0.15, -0.1) is 0 Å². The number of hydrogen-bond acceptors (Lipinski definition) is 3. The van der Waals surface area contributed by atoms with Gasteiger partial charge < -0.3 is 20.4 Å². The largest absolute Gasteiger partial charge is 0.367 e. The average molecular weight is 408 g/mol. The molecule has 3 rings (SSSR count). The van der Waals surface area contributed by atoms with E-state index in [1.54, 1.807) is 19.0 Å². The summed E-state index contributed by atoms with van der Waals surface area (Å²) in [5, 5.41) is 6.76. The van der Waals surface area contributed by atoms with E-state index in [2.05, 4.69) is 53.6 Å². The van der Waals surface area contributed by atoms with E-state index in [1.807, 2.05) is 24.3 Å². The molecule has 1 aliphatic heterocycles. The van der Waals surface area contributed by atoms with Crippen molar-refractivity contribution >= 4 is 17.6 Å². The fourth-order valence-electron chi connectivity index (χ4n) is 3.79. The second-order valence-electron chi connectivity index (χ2n) is 7.89. The third-order valence-corrected chi connectivity index (χ3v) is 5.36. The van der Waals surface area contributed by atoms with E-state index >= 15 is 0 Å². The maximum absolute atomic E-state index is 12.0. The van der Waals surface area contributed by atoms with E-state index in [4.69, 9.17) is 4.99 Å². The minimum atomic E-state index is 0.0118. The zero-order valence-electron chi connectivity index (χ0n) is 18.5. The summed E-state index contributed by atoms with van der Waals surface area (Å²) >= 11 is 0. The van der Waals surface area contributed by atoms with Crippen molar-refractivity contribution in [2.45, 2.75) is 32.9 Å². The van der Waals surface area contributed by atoms with Crippen molar-refractivity contribution in [3.63, 3.8) is 0 Å². The molecule has 6 nitrogen and oxygen atoms in total. The summed E-state index contributed by atoms with van der Waals surface area (Å²) in [5.41, 5.74) is 4.55. The summed E-state index contributed by atoms with van der Waals surface area (Å²) < 4.78 is 0. The second kappa shape index (κ2) is 10.1.